The molecule has 1 aliphatic carbocycles. The molecule has 0 amide bonds. The van der Waals surface area contributed by atoms with Crippen molar-refractivity contribution in [3.05, 3.63) is 174 Å². The number of rotatable bonds is 0. The molecule has 7 rings (SSSR count). The van der Waals surface area contributed by atoms with E-state index in [0.717, 1.165) is 17.4 Å². The van der Waals surface area contributed by atoms with E-state index in [1.807, 2.05) is 61.2 Å². The Hall–Kier alpha value is -4.77. The zero-order chi connectivity index (χ0) is 51.9. The van der Waals surface area contributed by atoms with Crippen LogP contribution in [0.25, 0.3) is 0 Å². The van der Waals surface area contributed by atoms with Gasteiger partial charge in [0.25, 0.3) is 0 Å². The number of pyridine rings is 3. The summed E-state index contributed by atoms with van der Waals surface area (Å²) >= 11 is 0. The molecule has 0 N–H and O–H groups in total. The molecule has 68 heavy (non-hydrogen) atoms. The second kappa shape index (κ2) is 28.0. The van der Waals surface area contributed by atoms with Gasteiger partial charge in [-0.15, -0.1) is 0 Å². The van der Waals surface area contributed by atoms with Crippen LogP contribution in [0.1, 0.15) is 211 Å². The lowest BCUT2D eigenvalue weighted by Crippen LogP contribution is -2.22. The summed E-state index contributed by atoms with van der Waals surface area (Å²) in [4.78, 5) is 12.3. The Kier molecular flexibility index (Phi) is 25.2. The Balaban J connectivity index is 0.000000397. The molecular weight excluding hydrogens is 831 g/mol. The van der Waals surface area contributed by atoms with Gasteiger partial charge in [-0.1, -0.05) is 207 Å². The van der Waals surface area contributed by atoms with Crippen molar-refractivity contribution < 1.29 is 8.83 Å². The summed E-state index contributed by atoms with van der Waals surface area (Å²) < 4.78 is 10.1. The topological polar surface area (TPSA) is 65.0 Å². The third-order valence-electron chi connectivity index (χ3n) is 11.6. The number of aromatic nitrogens is 3. The highest BCUT2D eigenvalue weighted by atomic mass is 16.3. The first-order valence-corrected chi connectivity index (χ1v) is 25.1. The molecule has 1 aromatic carbocycles. The van der Waals surface area contributed by atoms with E-state index in [1.165, 1.54) is 54.4 Å². The normalized spacial score (nSPS) is 13.3. The lowest BCUT2D eigenvalue weighted by atomic mass is 9.72. The highest BCUT2D eigenvalue weighted by molar-refractivity contribution is 5.22. The van der Waals surface area contributed by atoms with Gasteiger partial charge in [-0.3, -0.25) is 15.0 Å². The molecule has 0 aliphatic heterocycles. The minimum absolute atomic E-state index is 0.156. The van der Waals surface area contributed by atoms with E-state index >= 15 is 0 Å². The molecule has 5 aromatic heterocycles. The highest BCUT2D eigenvalue weighted by Crippen LogP contribution is 2.37. The number of benzene rings is 1. The fraction of sp³-hybridized carbons (Fsp3) is 0.540. The SMILES string of the molecule is CC(C)(C)C1CCCCC1.CC(C)(C)c1ccccc1.CC(C)(C)c1ccccn1.CC(C)(C)c1cccnc1.CC(C)(C)c1ccco1.CC(C)(C)c1ccncc1.CC(C)(C)c1ccoc1. The van der Waals surface area contributed by atoms with Gasteiger partial charge in [0.1, 0.15) is 5.76 Å². The molecule has 5 heteroatoms. The Bertz CT molecular complexity index is 1840. The Morgan fingerprint density at radius 3 is 1.19 bits per heavy atom. The second-order valence-electron chi connectivity index (χ2n) is 25.2. The predicted molar refractivity (Wildman–Crippen MR) is 295 cm³/mol. The van der Waals surface area contributed by atoms with E-state index in [2.05, 4.69) is 215 Å². The lowest BCUT2D eigenvalue weighted by Gasteiger charge is -2.33. The molecule has 1 fully saturated rings. The zero-order valence-corrected chi connectivity index (χ0v) is 47.1. The van der Waals surface area contributed by atoms with E-state index in [1.54, 1.807) is 25.0 Å². The molecule has 376 valence electrons. The average Bonchev–Trinajstić information content (AvgIpc) is 4.03. The first-order chi connectivity index (χ1) is 31.2. The van der Waals surface area contributed by atoms with Crippen molar-refractivity contribution in [2.24, 2.45) is 11.3 Å². The molecule has 0 radical (unpaired) electrons. The molecule has 5 heterocycles. The van der Waals surface area contributed by atoms with Crippen LogP contribution < -0.4 is 0 Å². The fourth-order valence-electron chi connectivity index (χ4n) is 6.77. The summed E-state index contributed by atoms with van der Waals surface area (Å²) in [7, 11) is 0. The minimum atomic E-state index is 0.156. The molecule has 0 bridgehead atoms. The minimum Gasteiger partial charge on any atom is -0.472 e. The predicted octanol–water partition coefficient (Wildman–Crippen LogP) is 18.9. The van der Waals surface area contributed by atoms with Gasteiger partial charge in [0.05, 0.1) is 18.8 Å². The van der Waals surface area contributed by atoms with E-state index in [9.17, 15) is 0 Å². The molecule has 5 nitrogen and oxygen atoms in total. The van der Waals surface area contributed by atoms with Crippen LogP contribution in [0, 0.1) is 11.3 Å². The third-order valence-corrected chi connectivity index (χ3v) is 11.6. The van der Waals surface area contributed by atoms with Crippen LogP contribution in [0.4, 0.5) is 0 Å². The maximum absolute atomic E-state index is 5.20. The number of nitrogens with zero attached hydrogens (tertiary/aromatic N) is 3. The molecule has 1 aliphatic rings. The number of hydrogen-bond acceptors (Lipinski definition) is 5. The van der Waals surface area contributed by atoms with E-state index in [0.29, 0.717) is 10.8 Å². The Labute approximate surface area is 417 Å². The maximum atomic E-state index is 5.20. The van der Waals surface area contributed by atoms with Crippen molar-refractivity contribution >= 4 is 0 Å². The monoisotopic (exact) mass is 928 g/mol. The van der Waals surface area contributed by atoms with Gasteiger partial charge < -0.3 is 8.83 Å². The first-order valence-electron chi connectivity index (χ1n) is 25.1. The lowest BCUT2D eigenvalue weighted by molar-refractivity contribution is 0.180. The standard InChI is InChI=1S/C10H20.C10H14.3C9H13N.2C8H12O/c2*1-10(2,3)9-7-5-4-6-8-9;1-9(2,3)8-4-6-10-7-5-8;1-9(2,3)8-5-4-6-10-7-8;1-9(2,3)8-6-4-5-7-10-8;1-8(2,3)7-4-5-9-6-7;1-8(2,3)7-5-4-6-9-7/h9H,4-8H2,1-3H3;4-8H,1-3H3;3*4-7H,1-3H3;2*4-6H,1-3H3. The molecule has 0 saturated heterocycles. The van der Waals surface area contributed by atoms with Gasteiger partial charge in [0.15, 0.2) is 0 Å². The van der Waals surface area contributed by atoms with E-state index in [-0.39, 0.29) is 27.1 Å². The molecule has 0 atom stereocenters. The van der Waals surface area contributed by atoms with Crippen LogP contribution in [0.2, 0.25) is 0 Å². The van der Waals surface area contributed by atoms with Crippen molar-refractivity contribution in [2.75, 3.05) is 0 Å². The van der Waals surface area contributed by atoms with Crippen molar-refractivity contribution in [2.45, 2.75) is 210 Å². The number of furan rings is 2. The maximum Gasteiger partial charge on any atom is 0.109 e. The summed E-state index contributed by atoms with van der Waals surface area (Å²) in [5.41, 5.74) is 8.33. The molecule has 0 unspecified atom stereocenters. The van der Waals surface area contributed by atoms with Gasteiger partial charge in [0, 0.05) is 47.5 Å². The van der Waals surface area contributed by atoms with Crippen molar-refractivity contribution in [3.8, 4) is 0 Å². The van der Waals surface area contributed by atoms with E-state index in [4.69, 9.17) is 8.83 Å². The first kappa shape index (κ1) is 61.2. The van der Waals surface area contributed by atoms with E-state index < -0.39 is 0 Å². The highest BCUT2D eigenvalue weighted by Gasteiger charge is 2.25. The smallest absolute Gasteiger partial charge is 0.109 e. The van der Waals surface area contributed by atoms with Gasteiger partial charge in [-0.05, 0) is 117 Å². The molecule has 6 aromatic rings. The Morgan fingerprint density at radius 2 is 0.912 bits per heavy atom. The summed E-state index contributed by atoms with van der Waals surface area (Å²) in [6, 6.07) is 30.7. The van der Waals surface area contributed by atoms with Gasteiger partial charge in [0.2, 0.25) is 0 Å². The second-order valence-corrected chi connectivity index (χ2v) is 25.2. The average molecular weight is 928 g/mol. The summed E-state index contributed by atoms with van der Waals surface area (Å²) in [5, 5.41) is 0. The van der Waals surface area contributed by atoms with Crippen LogP contribution in [0.5, 0.6) is 0 Å². The third kappa shape index (κ3) is 26.7. The van der Waals surface area contributed by atoms with Crippen molar-refractivity contribution in [1.29, 1.82) is 0 Å². The van der Waals surface area contributed by atoms with Crippen molar-refractivity contribution in [3.63, 3.8) is 0 Å². The summed E-state index contributed by atoms with van der Waals surface area (Å²) in [6.07, 6.45) is 21.8. The quantitative estimate of drug-likeness (QED) is 0.152. The van der Waals surface area contributed by atoms with Gasteiger partial charge >= 0.3 is 0 Å². The van der Waals surface area contributed by atoms with Crippen LogP contribution in [-0.4, -0.2) is 15.0 Å². The largest absolute Gasteiger partial charge is 0.472 e. The van der Waals surface area contributed by atoms with Crippen LogP contribution in [0.15, 0.2) is 150 Å². The van der Waals surface area contributed by atoms with Crippen LogP contribution in [0.3, 0.4) is 0 Å². The van der Waals surface area contributed by atoms with Gasteiger partial charge in [-0.2, -0.15) is 0 Å². The van der Waals surface area contributed by atoms with Gasteiger partial charge in [-0.25, -0.2) is 0 Å². The molecule has 0 spiro atoms. The van der Waals surface area contributed by atoms with Crippen LogP contribution in [-0.2, 0) is 32.5 Å². The number of hydrogen-bond donors (Lipinski definition) is 0. The Morgan fingerprint density at radius 1 is 0.397 bits per heavy atom. The van der Waals surface area contributed by atoms with Crippen molar-refractivity contribution in [1.82, 2.24) is 15.0 Å². The zero-order valence-electron chi connectivity index (χ0n) is 47.1. The summed E-state index contributed by atoms with van der Waals surface area (Å²) in [5.74, 6) is 2.05. The molecular formula is C63H97N3O2. The summed E-state index contributed by atoms with van der Waals surface area (Å²) in [6.45, 7) is 46.3. The molecule has 1 saturated carbocycles. The van der Waals surface area contributed by atoms with Crippen LogP contribution >= 0.6 is 0 Å². The fourth-order valence-corrected chi connectivity index (χ4v) is 6.77.